The lowest BCUT2D eigenvalue weighted by Crippen LogP contribution is -2.55. The molecule has 38 heavy (non-hydrogen) atoms. The van der Waals surface area contributed by atoms with Crippen molar-refractivity contribution in [2.45, 2.75) is 118 Å². The van der Waals surface area contributed by atoms with Crippen LogP contribution in [0.4, 0.5) is 4.79 Å². The van der Waals surface area contributed by atoms with Crippen molar-refractivity contribution in [2.24, 2.45) is 5.73 Å². The number of rotatable bonds is 14. The molecule has 9 heteroatoms. The molecule has 0 aliphatic heterocycles. The summed E-state index contributed by atoms with van der Waals surface area (Å²) in [5.74, 6) is -1.36. The van der Waals surface area contributed by atoms with Crippen molar-refractivity contribution in [1.82, 2.24) is 15.5 Å². The maximum Gasteiger partial charge on any atom is 0.408 e. The number of ether oxygens (including phenoxy) is 1. The third-order valence-corrected chi connectivity index (χ3v) is 6.44. The molecule has 0 aromatic heterocycles. The number of carbonyl (C=O) groups is 4. The predicted molar refractivity (Wildman–Crippen MR) is 149 cm³/mol. The fourth-order valence-corrected chi connectivity index (χ4v) is 4.03. The number of nitrogens with two attached hydrogens (primary N) is 1. The van der Waals surface area contributed by atoms with Gasteiger partial charge in [0.1, 0.15) is 17.7 Å². The Labute approximate surface area is 228 Å². The largest absolute Gasteiger partial charge is 0.444 e. The van der Waals surface area contributed by atoms with Crippen molar-refractivity contribution >= 4 is 23.8 Å². The molecule has 3 atom stereocenters. The molecule has 9 nitrogen and oxygen atoms in total. The monoisotopic (exact) mass is 532 g/mol. The van der Waals surface area contributed by atoms with E-state index < -0.39 is 35.6 Å². The summed E-state index contributed by atoms with van der Waals surface area (Å²) in [6.45, 7) is 15.5. The van der Waals surface area contributed by atoms with Crippen molar-refractivity contribution in [2.75, 3.05) is 6.54 Å². The molecule has 0 spiro atoms. The summed E-state index contributed by atoms with van der Waals surface area (Å²) in [6, 6.07) is 3.36. The lowest BCUT2D eigenvalue weighted by atomic mass is 9.96. The van der Waals surface area contributed by atoms with Gasteiger partial charge in [0.25, 0.3) is 0 Å². The van der Waals surface area contributed by atoms with Crippen LogP contribution in [-0.4, -0.2) is 52.9 Å². The highest BCUT2D eigenvalue weighted by molar-refractivity contribution is 5.92. The van der Waals surface area contributed by atoms with Gasteiger partial charge < -0.3 is 26.0 Å². The number of unbranched alkanes of at least 4 members (excludes halogenated alkanes) is 2. The van der Waals surface area contributed by atoms with Gasteiger partial charge in [-0.2, -0.15) is 0 Å². The van der Waals surface area contributed by atoms with Crippen LogP contribution in [0.2, 0.25) is 0 Å². The molecular formula is C29H48N4O5. The first-order chi connectivity index (χ1) is 17.7. The Morgan fingerprint density at radius 1 is 1.05 bits per heavy atom. The number of carbonyl (C=O) groups excluding carboxylic acids is 4. The van der Waals surface area contributed by atoms with Gasteiger partial charge in [-0.25, -0.2) is 4.79 Å². The summed E-state index contributed by atoms with van der Waals surface area (Å²) < 4.78 is 5.37. The first kappa shape index (κ1) is 32.9. The zero-order chi connectivity index (χ0) is 29.0. The van der Waals surface area contributed by atoms with Crippen LogP contribution in [0.1, 0.15) is 103 Å². The van der Waals surface area contributed by atoms with Gasteiger partial charge in [-0.1, -0.05) is 44.9 Å². The smallest absolute Gasteiger partial charge is 0.408 e. The fraction of sp³-hybridized carbons (Fsp3) is 0.655. The molecule has 1 rings (SSSR count). The minimum absolute atomic E-state index is 0.0158. The maximum atomic E-state index is 14.1. The van der Waals surface area contributed by atoms with E-state index in [4.69, 9.17) is 10.5 Å². The molecule has 4 amide bonds. The van der Waals surface area contributed by atoms with Crippen LogP contribution in [0, 0.1) is 13.8 Å². The van der Waals surface area contributed by atoms with Gasteiger partial charge in [0.05, 0.1) is 0 Å². The highest BCUT2D eigenvalue weighted by Gasteiger charge is 2.38. The van der Waals surface area contributed by atoms with Crippen LogP contribution >= 0.6 is 0 Å². The zero-order valence-electron chi connectivity index (χ0n) is 24.5. The van der Waals surface area contributed by atoms with E-state index in [0.717, 1.165) is 30.4 Å². The fourth-order valence-electron chi connectivity index (χ4n) is 4.03. The molecule has 0 radical (unpaired) electrons. The lowest BCUT2D eigenvalue weighted by Gasteiger charge is -2.38. The molecule has 0 bridgehead atoms. The van der Waals surface area contributed by atoms with Gasteiger partial charge in [-0.05, 0) is 77.5 Å². The van der Waals surface area contributed by atoms with E-state index in [1.165, 1.54) is 4.90 Å². The van der Waals surface area contributed by atoms with Crippen LogP contribution in [-0.2, 0) is 19.1 Å². The number of primary amides is 1. The average Bonchev–Trinajstić information content (AvgIpc) is 2.82. The van der Waals surface area contributed by atoms with Crippen molar-refractivity contribution in [1.29, 1.82) is 0 Å². The highest BCUT2D eigenvalue weighted by Crippen LogP contribution is 2.28. The number of alkyl carbamates (subject to hydrolysis) is 1. The normalized spacial score (nSPS) is 13.7. The minimum Gasteiger partial charge on any atom is -0.444 e. The molecule has 0 saturated heterocycles. The number of hydrogen-bond donors (Lipinski definition) is 3. The molecule has 3 unspecified atom stereocenters. The molecule has 1 aromatic carbocycles. The molecule has 1 aromatic rings. The van der Waals surface area contributed by atoms with Crippen LogP contribution in [0.15, 0.2) is 18.2 Å². The van der Waals surface area contributed by atoms with Crippen LogP contribution in [0.5, 0.6) is 0 Å². The number of benzene rings is 1. The summed E-state index contributed by atoms with van der Waals surface area (Å²) >= 11 is 0. The summed E-state index contributed by atoms with van der Waals surface area (Å²) in [4.78, 5) is 53.6. The van der Waals surface area contributed by atoms with Gasteiger partial charge in [-0.3, -0.25) is 14.4 Å². The Morgan fingerprint density at radius 2 is 1.71 bits per heavy atom. The molecule has 214 valence electrons. The van der Waals surface area contributed by atoms with Gasteiger partial charge in [0.2, 0.25) is 17.7 Å². The second kappa shape index (κ2) is 15.3. The number of nitrogens with zero attached hydrogens (tertiary/aromatic N) is 1. The van der Waals surface area contributed by atoms with E-state index in [9.17, 15) is 19.2 Å². The van der Waals surface area contributed by atoms with Gasteiger partial charge >= 0.3 is 6.09 Å². The Bertz CT molecular complexity index is 957. The van der Waals surface area contributed by atoms with Crippen LogP contribution < -0.4 is 16.4 Å². The second-order valence-electron chi connectivity index (χ2n) is 11.0. The topological polar surface area (TPSA) is 131 Å². The first-order valence-corrected chi connectivity index (χ1v) is 13.7. The zero-order valence-corrected chi connectivity index (χ0v) is 24.5. The Morgan fingerprint density at radius 3 is 2.24 bits per heavy atom. The van der Waals surface area contributed by atoms with Gasteiger partial charge in [0.15, 0.2) is 0 Å². The van der Waals surface area contributed by atoms with Crippen LogP contribution in [0.25, 0.3) is 0 Å². The SMILES string of the molecule is CCCCCNC(=O)C(c1ccc(C)c(C)c1)N(C(=O)C(CCC(N)=O)NC(=O)OC(C)(C)C)C(C)CC. The van der Waals surface area contributed by atoms with Crippen molar-refractivity contribution in [3.63, 3.8) is 0 Å². The predicted octanol–water partition coefficient (Wildman–Crippen LogP) is 4.44. The standard InChI is InChI=1S/C29H48N4O5/c1-9-11-12-17-31-26(35)25(22-14-13-19(3)20(4)18-22)33(21(5)10-2)27(36)23(15-16-24(30)34)32-28(37)38-29(6,7)8/h13-14,18,21,23,25H,9-12,15-17H2,1-8H3,(H2,30,34)(H,31,35)(H,32,37). The Balaban J connectivity index is 3.52. The van der Waals surface area contributed by atoms with Crippen molar-refractivity contribution < 1.29 is 23.9 Å². The van der Waals surface area contributed by atoms with Crippen molar-refractivity contribution in [3.8, 4) is 0 Å². The third kappa shape index (κ3) is 10.7. The molecule has 0 saturated carbocycles. The second-order valence-corrected chi connectivity index (χ2v) is 11.0. The molecule has 0 aliphatic rings. The molecule has 0 heterocycles. The molecule has 0 fully saturated rings. The van der Waals surface area contributed by atoms with E-state index in [0.29, 0.717) is 18.5 Å². The van der Waals surface area contributed by atoms with Gasteiger partial charge in [-0.15, -0.1) is 0 Å². The molecular weight excluding hydrogens is 484 g/mol. The van der Waals surface area contributed by atoms with Crippen LogP contribution in [0.3, 0.4) is 0 Å². The summed E-state index contributed by atoms with van der Waals surface area (Å²) in [5, 5.41) is 5.63. The molecule has 0 aliphatic carbocycles. The maximum absolute atomic E-state index is 14.1. The quantitative estimate of drug-likeness (QED) is 0.305. The highest BCUT2D eigenvalue weighted by atomic mass is 16.6. The summed E-state index contributed by atoms with van der Waals surface area (Å²) in [6.07, 6.45) is 2.50. The van der Waals surface area contributed by atoms with E-state index in [2.05, 4.69) is 17.6 Å². The lowest BCUT2D eigenvalue weighted by molar-refractivity contribution is -0.145. The summed E-state index contributed by atoms with van der Waals surface area (Å²) in [7, 11) is 0. The molecule has 4 N–H and O–H groups in total. The number of amides is 4. The van der Waals surface area contributed by atoms with E-state index in [1.54, 1.807) is 20.8 Å². The Hall–Kier alpha value is -3.10. The van der Waals surface area contributed by atoms with E-state index >= 15 is 0 Å². The van der Waals surface area contributed by atoms with Crippen molar-refractivity contribution in [3.05, 3.63) is 34.9 Å². The first-order valence-electron chi connectivity index (χ1n) is 13.7. The third-order valence-electron chi connectivity index (χ3n) is 6.44. The minimum atomic E-state index is -1.10. The van der Waals surface area contributed by atoms with E-state index in [-0.39, 0.29) is 24.8 Å². The van der Waals surface area contributed by atoms with E-state index in [1.807, 2.05) is 45.9 Å². The Kier molecular flexibility index (Phi) is 13.3. The van der Waals surface area contributed by atoms with Gasteiger partial charge in [0, 0.05) is 19.0 Å². The number of hydrogen-bond acceptors (Lipinski definition) is 5. The number of nitrogens with one attached hydrogen (secondary N) is 2. The summed E-state index contributed by atoms with van der Waals surface area (Å²) in [5.41, 5.74) is 7.35. The average molecular weight is 533 g/mol. The number of aryl methyl sites for hydroxylation is 2.